The molecule has 1 aliphatic rings. The van der Waals surface area contributed by atoms with Gasteiger partial charge in [-0.15, -0.1) is 0 Å². The summed E-state index contributed by atoms with van der Waals surface area (Å²) >= 11 is 0. The fourth-order valence-electron chi connectivity index (χ4n) is 3.16. The predicted octanol–water partition coefficient (Wildman–Crippen LogP) is 5.07. The third kappa shape index (κ3) is 2.70. The Hall–Kier alpha value is -0.850. The standard InChI is InChI=1S/C16H23F/c1-13(2)9-12-16(10-5-6-11-16)14-7-3-4-8-15(14)17/h3-4,7-8,13H,5-6,9-12H2,1-2H3. The maximum atomic E-state index is 14.0. The average Bonchev–Trinajstić information content (AvgIpc) is 2.77. The highest BCUT2D eigenvalue weighted by Crippen LogP contribution is 2.45. The van der Waals surface area contributed by atoms with Crippen LogP contribution in [0.1, 0.15) is 57.9 Å². The molecule has 1 saturated carbocycles. The van der Waals surface area contributed by atoms with E-state index >= 15 is 0 Å². The van der Waals surface area contributed by atoms with E-state index in [4.69, 9.17) is 0 Å². The summed E-state index contributed by atoms with van der Waals surface area (Å²) < 4.78 is 14.0. The van der Waals surface area contributed by atoms with Crippen molar-refractivity contribution < 1.29 is 4.39 Å². The van der Waals surface area contributed by atoms with Crippen LogP contribution in [0.15, 0.2) is 24.3 Å². The molecule has 0 nitrogen and oxygen atoms in total. The van der Waals surface area contributed by atoms with Gasteiger partial charge in [0, 0.05) is 0 Å². The zero-order chi connectivity index (χ0) is 12.3. The largest absolute Gasteiger partial charge is 0.207 e. The van der Waals surface area contributed by atoms with E-state index in [0.29, 0.717) is 5.92 Å². The average molecular weight is 234 g/mol. The monoisotopic (exact) mass is 234 g/mol. The number of hydrogen-bond acceptors (Lipinski definition) is 0. The van der Waals surface area contributed by atoms with Gasteiger partial charge in [-0.1, -0.05) is 51.3 Å². The molecule has 0 radical (unpaired) electrons. The Morgan fingerprint density at radius 2 is 1.82 bits per heavy atom. The van der Waals surface area contributed by atoms with Gasteiger partial charge in [-0.3, -0.25) is 0 Å². The van der Waals surface area contributed by atoms with Crippen LogP contribution in [0.25, 0.3) is 0 Å². The zero-order valence-electron chi connectivity index (χ0n) is 11.0. The van der Waals surface area contributed by atoms with E-state index in [2.05, 4.69) is 13.8 Å². The second kappa shape index (κ2) is 5.20. The van der Waals surface area contributed by atoms with Crippen molar-refractivity contribution in [3.63, 3.8) is 0 Å². The third-order valence-electron chi connectivity index (χ3n) is 4.21. The van der Waals surface area contributed by atoms with Crippen molar-refractivity contribution in [1.29, 1.82) is 0 Å². The van der Waals surface area contributed by atoms with Gasteiger partial charge in [0.15, 0.2) is 0 Å². The van der Waals surface area contributed by atoms with Gasteiger partial charge in [-0.2, -0.15) is 0 Å². The van der Waals surface area contributed by atoms with Crippen LogP contribution < -0.4 is 0 Å². The highest BCUT2D eigenvalue weighted by atomic mass is 19.1. The molecular weight excluding hydrogens is 211 g/mol. The fraction of sp³-hybridized carbons (Fsp3) is 0.625. The highest BCUT2D eigenvalue weighted by molar-refractivity contribution is 5.28. The second-order valence-corrected chi connectivity index (χ2v) is 5.90. The molecule has 0 unspecified atom stereocenters. The molecule has 0 saturated heterocycles. The van der Waals surface area contributed by atoms with Crippen molar-refractivity contribution in [3.8, 4) is 0 Å². The quantitative estimate of drug-likeness (QED) is 0.682. The van der Waals surface area contributed by atoms with Crippen molar-refractivity contribution in [1.82, 2.24) is 0 Å². The minimum Gasteiger partial charge on any atom is -0.207 e. The maximum absolute atomic E-state index is 14.0. The Kier molecular flexibility index (Phi) is 3.86. The lowest BCUT2D eigenvalue weighted by molar-refractivity contribution is 0.350. The van der Waals surface area contributed by atoms with E-state index < -0.39 is 0 Å². The summed E-state index contributed by atoms with van der Waals surface area (Å²) in [6.07, 6.45) is 7.19. The molecule has 0 aliphatic heterocycles. The summed E-state index contributed by atoms with van der Waals surface area (Å²) in [5.41, 5.74) is 1.11. The molecule has 0 aromatic heterocycles. The molecule has 1 aliphatic carbocycles. The molecule has 17 heavy (non-hydrogen) atoms. The summed E-state index contributed by atoms with van der Waals surface area (Å²) in [6.45, 7) is 4.51. The number of halogens is 1. The van der Waals surface area contributed by atoms with Crippen LogP contribution in [0, 0.1) is 11.7 Å². The predicted molar refractivity (Wildman–Crippen MR) is 70.6 cm³/mol. The summed E-state index contributed by atoms with van der Waals surface area (Å²) in [4.78, 5) is 0. The first-order valence-electron chi connectivity index (χ1n) is 6.89. The molecule has 1 heteroatoms. The molecule has 1 fully saturated rings. The Morgan fingerprint density at radius 3 is 2.41 bits per heavy atom. The van der Waals surface area contributed by atoms with Crippen LogP contribution >= 0.6 is 0 Å². The summed E-state index contributed by atoms with van der Waals surface area (Å²) in [7, 11) is 0. The summed E-state index contributed by atoms with van der Waals surface area (Å²) in [5.74, 6) is 0.706. The first kappa shape index (κ1) is 12.6. The van der Waals surface area contributed by atoms with Gasteiger partial charge < -0.3 is 0 Å². The van der Waals surface area contributed by atoms with E-state index in [-0.39, 0.29) is 11.2 Å². The molecule has 0 N–H and O–H groups in total. The summed E-state index contributed by atoms with van der Waals surface area (Å²) in [6, 6.07) is 7.39. The van der Waals surface area contributed by atoms with Crippen LogP contribution in [0.2, 0.25) is 0 Å². The van der Waals surface area contributed by atoms with Gasteiger partial charge in [0.2, 0.25) is 0 Å². The van der Waals surface area contributed by atoms with E-state index in [1.807, 2.05) is 12.1 Å². The van der Waals surface area contributed by atoms with Crippen molar-refractivity contribution >= 4 is 0 Å². The van der Waals surface area contributed by atoms with Gasteiger partial charge in [0.25, 0.3) is 0 Å². The van der Waals surface area contributed by atoms with Crippen LogP contribution in [0.5, 0.6) is 0 Å². The topological polar surface area (TPSA) is 0 Å². The molecular formula is C16H23F. The molecule has 0 bridgehead atoms. The number of rotatable bonds is 4. The smallest absolute Gasteiger partial charge is 0.126 e. The van der Waals surface area contributed by atoms with Crippen molar-refractivity contribution in [3.05, 3.63) is 35.6 Å². The van der Waals surface area contributed by atoms with Crippen LogP contribution in [-0.2, 0) is 5.41 Å². The molecule has 0 spiro atoms. The Bertz CT molecular complexity index is 362. The van der Waals surface area contributed by atoms with Gasteiger partial charge in [-0.05, 0) is 42.2 Å². The van der Waals surface area contributed by atoms with Crippen molar-refractivity contribution in [2.45, 2.75) is 57.8 Å². The van der Waals surface area contributed by atoms with Gasteiger partial charge in [0.1, 0.15) is 5.82 Å². The third-order valence-corrected chi connectivity index (χ3v) is 4.21. The normalized spacial score (nSPS) is 18.8. The van der Waals surface area contributed by atoms with Crippen LogP contribution in [0.4, 0.5) is 4.39 Å². The van der Waals surface area contributed by atoms with Crippen molar-refractivity contribution in [2.24, 2.45) is 5.92 Å². The Balaban J connectivity index is 2.25. The number of hydrogen-bond donors (Lipinski definition) is 0. The van der Waals surface area contributed by atoms with Gasteiger partial charge in [-0.25, -0.2) is 4.39 Å². The zero-order valence-corrected chi connectivity index (χ0v) is 11.0. The molecule has 94 valence electrons. The van der Waals surface area contributed by atoms with Crippen molar-refractivity contribution in [2.75, 3.05) is 0 Å². The highest BCUT2D eigenvalue weighted by Gasteiger charge is 2.36. The summed E-state index contributed by atoms with van der Waals surface area (Å²) in [5, 5.41) is 0. The molecule has 1 aromatic carbocycles. The lowest BCUT2D eigenvalue weighted by Crippen LogP contribution is -2.24. The molecule has 0 atom stereocenters. The van der Waals surface area contributed by atoms with E-state index in [1.165, 1.54) is 32.1 Å². The van der Waals surface area contributed by atoms with E-state index in [9.17, 15) is 4.39 Å². The first-order chi connectivity index (χ1) is 8.14. The minimum absolute atomic E-state index is 0.00171. The Morgan fingerprint density at radius 1 is 1.18 bits per heavy atom. The molecule has 0 amide bonds. The van der Waals surface area contributed by atoms with E-state index in [0.717, 1.165) is 12.0 Å². The van der Waals surface area contributed by atoms with E-state index in [1.54, 1.807) is 12.1 Å². The minimum atomic E-state index is -0.00171. The molecule has 0 heterocycles. The number of benzene rings is 1. The molecule has 2 rings (SSSR count). The maximum Gasteiger partial charge on any atom is 0.126 e. The molecule has 1 aromatic rings. The lowest BCUT2D eigenvalue weighted by atomic mass is 9.74. The van der Waals surface area contributed by atoms with Gasteiger partial charge in [0.05, 0.1) is 0 Å². The van der Waals surface area contributed by atoms with Gasteiger partial charge >= 0.3 is 0 Å². The first-order valence-corrected chi connectivity index (χ1v) is 6.89. The second-order valence-electron chi connectivity index (χ2n) is 5.90. The Labute approximate surface area is 104 Å². The lowest BCUT2D eigenvalue weighted by Gasteiger charge is -2.31. The van der Waals surface area contributed by atoms with Crippen LogP contribution in [0.3, 0.4) is 0 Å². The van der Waals surface area contributed by atoms with Crippen LogP contribution in [-0.4, -0.2) is 0 Å². The SMILES string of the molecule is CC(C)CCC1(c2ccccc2F)CCCC1. The fourth-order valence-corrected chi connectivity index (χ4v) is 3.16.